The lowest BCUT2D eigenvalue weighted by atomic mass is 10.1. The third kappa shape index (κ3) is 3.93. The van der Waals surface area contributed by atoms with Gasteiger partial charge in [0.1, 0.15) is 17.6 Å². The van der Waals surface area contributed by atoms with Gasteiger partial charge in [-0.1, -0.05) is 19.9 Å². The second-order valence-electron chi connectivity index (χ2n) is 6.59. The molecule has 0 radical (unpaired) electrons. The molecule has 1 N–H and O–H groups in total. The number of fused-ring (bicyclic) bond motifs is 1. The van der Waals surface area contributed by atoms with Crippen LogP contribution in [0.2, 0.25) is 0 Å². The number of nitrogens with zero attached hydrogens (tertiary/aromatic N) is 2. The van der Waals surface area contributed by atoms with Crippen molar-refractivity contribution in [2.45, 2.75) is 46.6 Å². The van der Waals surface area contributed by atoms with Crippen LogP contribution < -0.4 is 4.74 Å². The predicted octanol–water partition coefficient (Wildman–Crippen LogP) is 3.46. The second kappa shape index (κ2) is 6.30. The number of H-pyrrole nitrogens is 1. The molecule has 0 aliphatic heterocycles. The summed E-state index contributed by atoms with van der Waals surface area (Å²) in [5, 5.41) is 0.874. The fraction of sp³-hybridized carbons (Fsp3) is 0.471. The van der Waals surface area contributed by atoms with Crippen molar-refractivity contribution in [1.29, 1.82) is 0 Å². The van der Waals surface area contributed by atoms with E-state index in [-0.39, 0.29) is 17.3 Å². The summed E-state index contributed by atoms with van der Waals surface area (Å²) in [6, 6.07) is 0. The van der Waals surface area contributed by atoms with Crippen molar-refractivity contribution < 1.29 is 9.53 Å². The van der Waals surface area contributed by atoms with Gasteiger partial charge in [0, 0.05) is 12.1 Å². The third-order valence-corrected chi connectivity index (χ3v) is 3.11. The molecule has 0 saturated carbocycles. The minimum Gasteiger partial charge on any atom is -0.471 e. The number of hydrogen-bond donors (Lipinski definition) is 1. The predicted molar refractivity (Wildman–Crippen MR) is 87.0 cm³/mol. The lowest BCUT2D eigenvalue weighted by Crippen LogP contribution is -2.23. The number of nitrogens with one attached hydrogen (secondary N) is 1. The van der Waals surface area contributed by atoms with Crippen LogP contribution in [0.25, 0.3) is 11.0 Å². The summed E-state index contributed by atoms with van der Waals surface area (Å²) >= 11 is 0. The first kappa shape index (κ1) is 16.2. The molecule has 0 fully saturated rings. The smallest absolute Gasteiger partial charge is 0.226 e. The van der Waals surface area contributed by atoms with Crippen molar-refractivity contribution in [3.8, 4) is 5.88 Å². The number of aromatic nitrogens is 3. The molecule has 0 aliphatic carbocycles. The zero-order valence-electron chi connectivity index (χ0n) is 13.8. The van der Waals surface area contributed by atoms with Crippen LogP contribution >= 0.6 is 0 Å². The maximum Gasteiger partial charge on any atom is 0.226 e. The van der Waals surface area contributed by atoms with Gasteiger partial charge in [-0.05, 0) is 38.8 Å². The molecule has 2 aromatic rings. The Bertz CT molecular complexity index is 693. The van der Waals surface area contributed by atoms with Gasteiger partial charge < -0.3 is 9.72 Å². The fourth-order valence-electron chi connectivity index (χ4n) is 2.02. The summed E-state index contributed by atoms with van der Waals surface area (Å²) in [5.41, 5.74) is 1.43. The number of carbonyl (C=O) groups excluding carboxylic acids is 1. The van der Waals surface area contributed by atoms with Crippen LogP contribution in [0.15, 0.2) is 24.7 Å². The standard InChI is InChI=1S/C17H23N3O2/c1-11(2)13(21)8-6-7-12-9-18-15-14(12)16(20-10-19-15)22-17(3,4)5/h6,8-11H,7H2,1-5H3,(H,18,19,20). The molecule has 5 heteroatoms. The van der Waals surface area contributed by atoms with Crippen molar-refractivity contribution >= 4 is 16.8 Å². The molecule has 22 heavy (non-hydrogen) atoms. The van der Waals surface area contributed by atoms with Crippen LogP contribution in [0.3, 0.4) is 0 Å². The number of hydrogen-bond acceptors (Lipinski definition) is 4. The number of ether oxygens (including phenoxy) is 1. The molecule has 0 spiro atoms. The quantitative estimate of drug-likeness (QED) is 0.859. The van der Waals surface area contributed by atoms with Gasteiger partial charge in [0.15, 0.2) is 5.78 Å². The summed E-state index contributed by atoms with van der Waals surface area (Å²) in [4.78, 5) is 23.2. The lowest BCUT2D eigenvalue weighted by molar-refractivity contribution is -0.117. The van der Waals surface area contributed by atoms with Gasteiger partial charge in [-0.3, -0.25) is 4.79 Å². The van der Waals surface area contributed by atoms with Crippen LogP contribution in [-0.2, 0) is 11.2 Å². The van der Waals surface area contributed by atoms with E-state index in [1.165, 1.54) is 6.33 Å². The number of aromatic amines is 1. The van der Waals surface area contributed by atoms with E-state index in [9.17, 15) is 4.79 Å². The van der Waals surface area contributed by atoms with Gasteiger partial charge in [-0.25, -0.2) is 9.97 Å². The van der Waals surface area contributed by atoms with Crippen molar-refractivity contribution in [1.82, 2.24) is 15.0 Å². The Balaban J connectivity index is 2.29. The van der Waals surface area contributed by atoms with E-state index in [0.29, 0.717) is 12.3 Å². The molecular weight excluding hydrogens is 278 g/mol. The largest absolute Gasteiger partial charge is 0.471 e. The number of ketones is 1. The average molecular weight is 301 g/mol. The van der Waals surface area contributed by atoms with Crippen molar-refractivity contribution in [2.75, 3.05) is 0 Å². The Morgan fingerprint density at radius 1 is 1.36 bits per heavy atom. The zero-order valence-corrected chi connectivity index (χ0v) is 13.8. The van der Waals surface area contributed by atoms with Gasteiger partial charge >= 0.3 is 0 Å². The molecule has 2 aromatic heterocycles. The lowest BCUT2D eigenvalue weighted by Gasteiger charge is -2.20. The van der Waals surface area contributed by atoms with Gasteiger partial charge in [0.25, 0.3) is 0 Å². The Kier molecular flexibility index (Phi) is 4.64. The summed E-state index contributed by atoms with van der Waals surface area (Å²) in [6.45, 7) is 9.72. The maximum atomic E-state index is 11.6. The van der Waals surface area contributed by atoms with Crippen molar-refractivity contribution in [2.24, 2.45) is 5.92 Å². The minimum absolute atomic E-state index is 0.0161. The number of rotatable bonds is 5. The van der Waals surface area contributed by atoms with E-state index in [0.717, 1.165) is 16.6 Å². The number of carbonyl (C=O) groups is 1. The first-order valence-electron chi connectivity index (χ1n) is 7.48. The molecule has 0 bridgehead atoms. The Morgan fingerprint density at radius 3 is 2.73 bits per heavy atom. The second-order valence-corrected chi connectivity index (χ2v) is 6.59. The molecule has 0 amide bonds. The number of allylic oxidation sites excluding steroid dienone is 2. The highest BCUT2D eigenvalue weighted by molar-refractivity contribution is 5.91. The molecule has 0 atom stereocenters. The molecule has 0 unspecified atom stereocenters. The van der Waals surface area contributed by atoms with E-state index in [2.05, 4.69) is 15.0 Å². The van der Waals surface area contributed by atoms with Gasteiger partial charge in [0.2, 0.25) is 5.88 Å². The van der Waals surface area contributed by atoms with Crippen LogP contribution in [0.5, 0.6) is 5.88 Å². The monoisotopic (exact) mass is 301 g/mol. The molecule has 2 heterocycles. The Labute approximate surface area is 130 Å². The zero-order chi connectivity index (χ0) is 16.3. The molecule has 118 valence electrons. The molecule has 5 nitrogen and oxygen atoms in total. The molecule has 0 aromatic carbocycles. The summed E-state index contributed by atoms with van der Waals surface area (Å²) in [7, 11) is 0. The van der Waals surface area contributed by atoms with Gasteiger partial charge in [-0.15, -0.1) is 0 Å². The first-order valence-corrected chi connectivity index (χ1v) is 7.48. The van der Waals surface area contributed by atoms with Gasteiger partial charge in [-0.2, -0.15) is 0 Å². The van der Waals surface area contributed by atoms with Crippen molar-refractivity contribution in [3.05, 3.63) is 30.2 Å². The maximum absolute atomic E-state index is 11.6. The van der Waals surface area contributed by atoms with Gasteiger partial charge in [0.05, 0.1) is 5.39 Å². The van der Waals surface area contributed by atoms with E-state index in [1.807, 2.05) is 46.9 Å². The summed E-state index contributed by atoms with van der Waals surface area (Å²) in [6.07, 6.45) is 7.52. The molecule has 0 aliphatic rings. The van der Waals surface area contributed by atoms with Crippen LogP contribution in [-0.4, -0.2) is 26.3 Å². The Morgan fingerprint density at radius 2 is 2.09 bits per heavy atom. The normalized spacial score (nSPS) is 12.5. The minimum atomic E-state index is -0.334. The summed E-state index contributed by atoms with van der Waals surface area (Å²) < 4.78 is 5.92. The van der Waals surface area contributed by atoms with Crippen LogP contribution in [0.1, 0.15) is 40.2 Å². The summed E-state index contributed by atoms with van der Waals surface area (Å²) in [5.74, 6) is 0.710. The average Bonchev–Trinajstić information content (AvgIpc) is 2.81. The molecule has 2 rings (SSSR count). The highest BCUT2D eigenvalue weighted by Gasteiger charge is 2.18. The van der Waals surface area contributed by atoms with E-state index in [4.69, 9.17) is 4.74 Å². The van der Waals surface area contributed by atoms with Crippen molar-refractivity contribution in [3.63, 3.8) is 0 Å². The molecular formula is C17H23N3O2. The SMILES string of the molecule is CC(C)C(=O)C=CCc1c[nH]c2ncnc(OC(C)(C)C)c12. The van der Waals surface area contributed by atoms with E-state index in [1.54, 1.807) is 6.08 Å². The van der Waals surface area contributed by atoms with Crippen LogP contribution in [0, 0.1) is 5.92 Å². The first-order chi connectivity index (χ1) is 10.3. The highest BCUT2D eigenvalue weighted by Crippen LogP contribution is 2.28. The van der Waals surface area contributed by atoms with Crippen LogP contribution in [0.4, 0.5) is 0 Å². The third-order valence-electron chi connectivity index (χ3n) is 3.11. The topological polar surface area (TPSA) is 67.9 Å². The highest BCUT2D eigenvalue weighted by atomic mass is 16.5. The fourth-order valence-corrected chi connectivity index (χ4v) is 2.02. The van der Waals surface area contributed by atoms with E-state index >= 15 is 0 Å². The van der Waals surface area contributed by atoms with E-state index < -0.39 is 0 Å². The molecule has 0 saturated heterocycles. The Hall–Kier alpha value is -2.17.